The van der Waals surface area contributed by atoms with E-state index in [1.165, 1.54) is 37.7 Å². The van der Waals surface area contributed by atoms with Crippen LogP contribution in [0.2, 0.25) is 0 Å². The van der Waals surface area contributed by atoms with Gasteiger partial charge in [0, 0.05) is 6.42 Å². The van der Waals surface area contributed by atoms with E-state index in [1.807, 2.05) is 6.08 Å². The van der Waals surface area contributed by atoms with E-state index in [4.69, 9.17) is 4.74 Å². The number of carbonyl (C=O) groups excluding carboxylic acids is 1. The van der Waals surface area contributed by atoms with Crippen LogP contribution in [0.15, 0.2) is 11.6 Å². The van der Waals surface area contributed by atoms with Gasteiger partial charge in [-0.15, -0.1) is 0 Å². The van der Waals surface area contributed by atoms with Gasteiger partial charge >= 0.3 is 0 Å². The summed E-state index contributed by atoms with van der Waals surface area (Å²) in [5, 5.41) is 20.4. The quantitative estimate of drug-likeness (QED) is 0.510. The van der Waals surface area contributed by atoms with Crippen LogP contribution >= 0.6 is 0 Å². The van der Waals surface area contributed by atoms with Crippen LogP contribution in [0.3, 0.4) is 0 Å². The number of epoxide rings is 1. The Morgan fingerprint density at radius 3 is 2.47 bits per heavy atom. The van der Waals surface area contributed by atoms with Crippen LogP contribution in [0.4, 0.5) is 0 Å². The number of fused-ring (bicyclic) bond motifs is 1. The van der Waals surface area contributed by atoms with Gasteiger partial charge in [-0.25, -0.2) is 0 Å². The van der Waals surface area contributed by atoms with Crippen LogP contribution in [-0.4, -0.2) is 39.9 Å². The van der Waals surface area contributed by atoms with E-state index < -0.39 is 11.7 Å². The molecule has 2 N–H and O–H groups in total. The van der Waals surface area contributed by atoms with Crippen molar-refractivity contribution >= 4 is 5.78 Å². The first-order valence-electron chi connectivity index (χ1n) is 13.2. The third kappa shape index (κ3) is 4.36. The summed E-state index contributed by atoms with van der Waals surface area (Å²) in [5.41, 5.74) is 0.748. The highest BCUT2D eigenvalue weighted by atomic mass is 16.6. The molecule has 0 aromatic carbocycles. The lowest BCUT2D eigenvalue weighted by molar-refractivity contribution is -0.116. The largest absolute Gasteiger partial charge is 0.390 e. The van der Waals surface area contributed by atoms with Crippen molar-refractivity contribution in [2.24, 2.45) is 34.5 Å². The minimum Gasteiger partial charge on any atom is -0.390 e. The Balaban J connectivity index is 1.43. The maximum atomic E-state index is 12.2. The minimum atomic E-state index is -1.02. The average Bonchev–Trinajstić information content (AvgIpc) is 3.33. The second-order valence-electron chi connectivity index (χ2n) is 12.8. The van der Waals surface area contributed by atoms with Crippen LogP contribution < -0.4 is 0 Å². The summed E-state index contributed by atoms with van der Waals surface area (Å²) in [6, 6.07) is 0. The van der Waals surface area contributed by atoms with Gasteiger partial charge in [0.15, 0.2) is 5.78 Å². The van der Waals surface area contributed by atoms with Crippen molar-refractivity contribution in [2.45, 2.75) is 123 Å². The molecule has 1 saturated heterocycles. The second-order valence-corrected chi connectivity index (χ2v) is 12.8. The van der Waals surface area contributed by atoms with Gasteiger partial charge in [-0.2, -0.15) is 0 Å². The molecule has 0 bridgehead atoms. The lowest BCUT2D eigenvalue weighted by Gasteiger charge is -2.51. The first kappa shape index (κ1) is 24.4. The SMILES string of the molecule is CC1OC1C1=CC(=O)CC[C@]1(C)[C@H]1CC[C@@]2(C)[C@@H](CC[C@@H]2[C@H](C)CCC(O)C(C)(C)O)C1. The number of carbonyl (C=O) groups is 1. The van der Waals surface area contributed by atoms with Gasteiger partial charge < -0.3 is 14.9 Å². The monoisotopic (exact) mass is 446 g/mol. The molecule has 1 heterocycles. The lowest BCUT2D eigenvalue weighted by Crippen LogP contribution is -2.44. The Labute approximate surface area is 195 Å². The van der Waals surface area contributed by atoms with Crippen LogP contribution in [0.5, 0.6) is 0 Å². The summed E-state index contributed by atoms with van der Waals surface area (Å²) in [6.07, 6.45) is 11.4. The number of ether oxygens (including phenoxy) is 1. The minimum absolute atomic E-state index is 0.102. The molecule has 3 fully saturated rings. The molecule has 9 atom stereocenters. The summed E-state index contributed by atoms with van der Waals surface area (Å²) < 4.78 is 5.86. The molecule has 1 aliphatic heterocycles. The lowest BCUT2D eigenvalue weighted by atomic mass is 9.53. The molecule has 0 spiro atoms. The molecular formula is C28H46O4. The number of ketones is 1. The fraction of sp³-hybridized carbons (Fsp3) is 0.893. The molecule has 0 aromatic rings. The number of hydrogen-bond donors (Lipinski definition) is 2. The summed E-state index contributed by atoms with van der Waals surface area (Å²) in [5.74, 6) is 2.94. The highest BCUT2D eigenvalue weighted by Crippen LogP contribution is 2.63. The molecule has 4 rings (SSSR count). The molecule has 3 aliphatic carbocycles. The molecule has 182 valence electrons. The molecule has 4 nitrogen and oxygen atoms in total. The van der Waals surface area contributed by atoms with Gasteiger partial charge in [0.1, 0.15) is 6.10 Å². The van der Waals surface area contributed by atoms with E-state index in [0.717, 1.165) is 18.8 Å². The Bertz CT molecular complexity index is 751. The molecule has 3 unspecified atom stereocenters. The molecule has 4 heteroatoms. The van der Waals surface area contributed by atoms with Crippen molar-refractivity contribution in [3.63, 3.8) is 0 Å². The smallest absolute Gasteiger partial charge is 0.155 e. The fourth-order valence-corrected chi connectivity index (χ4v) is 7.85. The van der Waals surface area contributed by atoms with Gasteiger partial charge in [0.25, 0.3) is 0 Å². The number of rotatable bonds is 7. The van der Waals surface area contributed by atoms with Crippen molar-refractivity contribution in [1.29, 1.82) is 0 Å². The molecule has 0 amide bonds. The Morgan fingerprint density at radius 1 is 1.16 bits per heavy atom. The number of aliphatic hydroxyl groups is 2. The van der Waals surface area contributed by atoms with Crippen molar-refractivity contribution in [3.8, 4) is 0 Å². The predicted octanol–water partition coefficient (Wildman–Crippen LogP) is 5.45. The van der Waals surface area contributed by atoms with E-state index in [2.05, 4.69) is 27.7 Å². The zero-order valence-corrected chi connectivity index (χ0v) is 21.2. The van der Waals surface area contributed by atoms with Crippen LogP contribution in [-0.2, 0) is 9.53 Å². The first-order valence-corrected chi connectivity index (χ1v) is 13.2. The van der Waals surface area contributed by atoms with Gasteiger partial charge in [0.05, 0.1) is 17.8 Å². The van der Waals surface area contributed by atoms with E-state index >= 15 is 0 Å². The average molecular weight is 447 g/mol. The Kier molecular flexibility index (Phi) is 6.49. The number of allylic oxidation sites excluding steroid dienone is 1. The van der Waals surface area contributed by atoms with Crippen molar-refractivity contribution in [3.05, 3.63) is 11.6 Å². The van der Waals surface area contributed by atoms with E-state index in [9.17, 15) is 15.0 Å². The van der Waals surface area contributed by atoms with Gasteiger partial charge in [-0.3, -0.25) is 4.79 Å². The molecule has 4 aliphatic rings. The summed E-state index contributed by atoms with van der Waals surface area (Å²) in [7, 11) is 0. The first-order chi connectivity index (χ1) is 14.9. The highest BCUT2D eigenvalue weighted by Gasteiger charge is 2.56. The van der Waals surface area contributed by atoms with Crippen molar-refractivity contribution in [2.75, 3.05) is 0 Å². The maximum Gasteiger partial charge on any atom is 0.155 e. The van der Waals surface area contributed by atoms with E-state index in [-0.39, 0.29) is 23.4 Å². The van der Waals surface area contributed by atoms with Crippen molar-refractivity contribution in [1.82, 2.24) is 0 Å². The topological polar surface area (TPSA) is 70.1 Å². The van der Waals surface area contributed by atoms with Crippen LogP contribution in [0, 0.1) is 34.5 Å². The Morgan fingerprint density at radius 2 is 1.84 bits per heavy atom. The Hall–Kier alpha value is -0.710. The van der Waals surface area contributed by atoms with Crippen molar-refractivity contribution < 1.29 is 19.7 Å². The number of hydrogen-bond acceptors (Lipinski definition) is 4. The number of aliphatic hydroxyl groups excluding tert-OH is 1. The molecule has 2 saturated carbocycles. The predicted molar refractivity (Wildman–Crippen MR) is 127 cm³/mol. The molecular weight excluding hydrogens is 400 g/mol. The molecule has 0 radical (unpaired) electrons. The molecule has 32 heavy (non-hydrogen) atoms. The summed E-state index contributed by atoms with van der Waals surface area (Å²) in [6.45, 7) is 12.8. The molecule has 0 aromatic heterocycles. The summed E-state index contributed by atoms with van der Waals surface area (Å²) >= 11 is 0. The normalized spacial score (nSPS) is 44.1. The third-order valence-corrected chi connectivity index (χ3v) is 10.4. The van der Waals surface area contributed by atoms with Gasteiger partial charge in [0.2, 0.25) is 0 Å². The third-order valence-electron chi connectivity index (χ3n) is 10.4. The van der Waals surface area contributed by atoms with Crippen LogP contribution in [0.1, 0.15) is 99.3 Å². The van der Waals surface area contributed by atoms with Crippen LogP contribution in [0.25, 0.3) is 0 Å². The standard InChI is InChI=1S/C28H46O4/c1-17(7-10-24(30)26(3,4)31)22-9-8-19-15-20(11-13-27(19,22)5)28(6)14-12-21(29)16-23(28)25-18(2)32-25/h16-20,22,24-25,30-31H,7-15H2,1-6H3/t17-,18?,19+,20+,22-,24?,25?,27+,28-/m1/s1. The maximum absolute atomic E-state index is 12.2. The zero-order valence-electron chi connectivity index (χ0n) is 21.2. The van der Waals surface area contributed by atoms with Gasteiger partial charge in [-0.05, 0) is 118 Å². The summed E-state index contributed by atoms with van der Waals surface area (Å²) in [4.78, 5) is 12.2. The second kappa shape index (κ2) is 8.50. The fourth-order valence-electron chi connectivity index (χ4n) is 7.85. The van der Waals surface area contributed by atoms with E-state index in [0.29, 0.717) is 36.0 Å². The highest BCUT2D eigenvalue weighted by molar-refractivity contribution is 5.92. The zero-order chi connectivity index (χ0) is 23.5. The van der Waals surface area contributed by atoms with Gasteiger partial charge in [-0.1, -0.05) is 20.8 Å². The van der Waals surface area contributed by atoms with E-state index in [1.54, 1.807) is 13.8 Å².